The van der Waals surface area contributed by atoms with Gasteiger partial charge < -0.3 is 5.32 Å². The Kier molecular flexibility index (Phi) is 4.46. The molecule has 0 aliphatic heterocycles. The lowest BCUT2D eigenvalue weighted by Gasteiger charge is -2.18. The van der Waals surface area contributed by atoms with Crippen LogP contribution in [0.25, 0.3) is 0 Å². The molecule has 2 rings (SSSR count). The average molecular weight is 329 g/mol. The van der Waals surface area contributed by atoms with Gasteiger partial charge >= 0.3 is 0 Å². The largest absolute Gasteiger partial charge is 0.366 e. The molecule has 102 valence electrons. The van der Waals surface area contributed by atoms with Crippen molar-refractivity contribution in [1.82, 2.24) is 0 Å². The van der Waals surface area contributed by atoms with Crippen LogP contribution in [-0.2, 0) is 0 Å². The van der Waals surface area contributed by atoms with E-state index in [4.69, 9.17) is 0 Å². The van der Waals surface area contributed by atoms with Crippen LogP contribution < -0.4 is 5.32 Å². The monoisotopic (exact) mass is 328 g/mol. The zero-order valence-electron chi connectivity index (χ0n) is 11.9. The zero-order chi connectivity index (χ0) is 14.7. The molecule has 2 aromatic rings. The molecule has 1 atom stereocenters. The summed E-state index contributed by atoms with van der Waals surface area (Å²) in [5, 5.41) is 12.8. The maximum Gasteiger partial charge on any atom is 0.140 e. The highest BCUT2D eigenvalue weighted by Crippen LogP contribution is 2.27. The first-order valence-electron chi connectivity index (χ1n) is 6.50. The second kappa shape index (κ2) is 6.11. The molecular formula is C17H17BrN2. The van der Waals surface area contributed by atoms with Crippen LogP contribution in [0.15, 0.2) is 40.9 Å². The van der Waals surface area contributed by atoms with E-state index in [1.807, 2.05) is 24.3 Å². The lowest BCUT2D eigenvalue weighted by Crippen LogP contribution is -2.12. The van der Waals surface area contributed by atoms with Gasteiger partial charge in [-0.3, -0.25) is 0 Å². The maximum absolute atomic E-state index is 9.49. The first kappa shape index (κ1) is 14.6. The Bertz CT molecular complexity index is 631. The quantitative estimate of drug-likeness (QED) is 0.855. The number of hydrogen-bond acceptors (Lipinski definition) is 2. The number of anilines is 1. The molecule has 0 saturated heterocycles. The Balaban J connectivity index is 2.34. The highest BCUT2D eigenvalue weighted by atomic mass is 79.9. The van der Waals surface area contributed by atoms with Gasteiger partial charge in [0.1, 0.15) is 6.04 Å². The molecule has 0 aliphatic rings. The third-order valence-electron chi connectivity index (χ3n) is 3.31. The van der Waals surface area contributed by atoms with E-state index < -0.39 is 0 Å². The smallest absolute Gasteiger partial charge is 0.140 e. The van der Waals surface area contributed by atoms with E-state index in [1.54, 1.807) is 0 Å². The fourth-order valence-electron chi connectivity index (χ4n) is 2.53. The predicted molar refractivity (Wildman–Crippen MR) is 86.8 cm³/mol. The van der Waals surface area contributed by atoms with E-state index in [2.05, 4.69) is 60.2 Å². The molecule has 3 heteroatoms. The van der Waals surface area contributed by atoms with E-state index in [0.717, 1.165) is 26.9 Å². The summed E-state index contributed by atoms with van der Waals surface area (Å²) in [7, 11) is 0. The first-order chi connectivity index (χ1) is 9.51. The lowest BCUT2D eigenvalue weighted by atomic mass is 9.94. The summed E-state index contributed by atoms with van der Waals surface area (Å²) in [5.41, 5.74) is 5.54. The van der Waals surface area contributed by atoms with Crippen LogP contribution in [-0.4, -0.2) is 0 Å². The molecule has 0 radical (unpaired) electrons. The van der Waals surface area contributed by atoms with E-state index in [-0.39, 0.29) is 6.04 Å². The van der Waals surface area contributed by atoms with Crippen LogP contribution in [0.2, 0.25) is 0 Å². The van der Waals surface area contributed by atoms with Crippen molar-refractivity contribution in [1.29, 1.82) is 5.26 Å². The number of nitrogens with one attached hydrogen (secondary N) is 1. The SMILES string of the molecule is Cc1cc(C)c(C(C#N)Nc2ccc(Br)cc2)c(C)c1. The number of nitrogens with zero attached hydrogens (tertiary/aromatic N) is 1. The summed E-state index contributed by atoms with van der Waals surface area (Å²) >= 11 is 3.41. The number of nitriles is 1. The van der Waals surface area contributed by atoms with Gasteiger partial charge in [0.05, 0.1) is 6.07 Å². The van der Waals surface area contributed by atoms with Crippen LogP contribution in [0.5, 0.6) is 0 Å². The van der Waals surface area contributed by atoms with Crippen LogP contribution >= 0.6 is 15.9 Å². The molecule has 2 aromatic carbocycles. The highest BCUT2D eigenvalue weighted by Gasteiger charge is 2.15. The fourth-order valence-corrected chi connectivity index (χ4v) is 2.79. The second-order valence-electron chi connectivity index (χ2n) is 5.03. The number of halogens is 1. The molecule has 0 aliphatic carbocycles. The molecule has 1 unspecified atom stereocenters. The minimum Gasteiger partial charge on any atom is -0.366 e. The Morgan fingerprint density at radius 1 is 1.05 bits per heavy atom. The Morgan fingerprint density at radius 3 is 2.10 bits per heavy atom. The molecule has 0 spiro atoms. The Morgan fingerprint density at radius 2 is 1.60 bits per heavy atom. The summed E-state index contributed by atoms with van der Waals surface area (Å²) in [6, 6.07) is 14.1. The molecule has 0 heterocycles. The maximum atomic E-state index is 9.49. The minimum atomic E-state index is -0.336. The molecule has 1 N–H and O–H groups in total. The van der Waals surface area contributed by atoms with E-state index in [0.29, 0.717) is 0 Å². The Labute approximate surface area is 128 Å². The van der Waals surface area contributed by atoms with Crippen LogP contribution in [0.1, 0.15) is 28.3 Å². The number of rotatable bonds is 3. The summed E-state index contributed by atoms with van der Waals surface area (Å²) in [4.78, 5) is 0. The average Bonchev–Trinajstić information content (AvgIpc) is 2.38. The van der Waals surface area contributed by atoms with Gasteiger partial charge in [0.25, 0.3) is 0 Å². The summed E-state index contributed by atoms with van der Waals surface area (Å²) in [6.07, 6.45) is 0. The molecule has 0 amide bonds. The summed E-state index contributed by atoms with van der Waals surface area (Å²) in [6.45, 7) is 6.19. The second-order valence-corrected chi connectivity index (χ2v) is 5.94. The van der Waals surface area contributed by atoms with Gasteiger partial charge in [-0.05, 0) is 61.7 Å². The van der Waals surface area contributed by atoms with Gasteiger partial charge in [0.2, 0.25) is 0 Å². The molecule has 0 saturated carbocycles. The number of aryl methyl sites for hydroxylation is 3. The predicted octanol–water partition coefficient (Wildman–Crippen LogP) is 5.05. The van der Waals surface area contributed by atoms with Crippen LogP contribution in [0.3, 0.4) is 0 Å². The van der Waals surface area contributed by atoms with Crippen molar-refractivity contribution in [2.24, 2.45) is 0 Å². The van der Waals surface area contributed by atoms with Gasteiger partial charge in [-0.25, -0.2) is 0 Å². The van der Waals surface area contributed by atoms with E-state index >= 15 is 0 Å². The third-order valence-corrected chi connectivity index (χ3v) is 3.84. The normalized spacial score (nSPS) is 11.8. The van der Waals surface area contributed by atoms with Gasteiger partial charge in [0, 0.05) is 10.2 Å². The third kappa shape index (κ3) is 3.20. The van der Waals surface area contributed by atoms with Crippen molar-refractivity contribution in [3.05, 3.63) is 63.1 Å². The van der Waals surface area contributed by atoms with Crippen molar-refractivity contribution in [3.63, 3.8) is 0 Å². The van der Waals surface area contributed by atoms with Gasteiger partial charge in [0.15, 0.2) is 0 Å². The van der Waals surface area contributed by atoms with E-state index in [1.165, 1.54) is 5.56 Å². The van der Waals surface area contributed by atoms with Gasteiger partial charge in [-0.15, -0.1) is 0 Å². The summed E-state index contributed by atoms with van der Waals surface area (Å²) < 4.78 is 1.03. The van der Waals surface area contributed by atoms with Crippen molar-refractivity contribution in [2.45, 2.75) is 26.8 Å². The van der Waals surface area contributed by atoms with E-state index in [9.17, 15) is 5.26 Å². The molecule has 0 bridgehead atoms. The van der Waals surface area contributed by atoms with Crippen molar-refractivity contribution in [2.75, 3.05) is 5.32 Å². The number of benzene rings is 2. The fraction of sp³-hybridized carbons (Fsp3) is 0.235. The summed E-state index contributed by atoms with van der Waals surface area (Å²) in [5.74, 6) is 0. The zero-order valence-corrected chi connectivity index (χ0v) is 13.5. The van der Waals surface area contributed by atoms with Gasteiger partial charge in [-0.2, -0.15) is 5.26 Å². The van der Waals surface area contributed by atoms with Gasteiger partial charge in [-0.1, -0.05) is 33.6 Å². The first-order valence-corrected chi connectivity index (χ1v) is 7.30. The molecule has 2 nitrogen and oxygen atoms in total. The standard InChI is InChI=1S/C17H17BrN2/c1-11-8-12(2)17(13(3)9-11)16(10-19)20-15-6-4-14(18)5-7-15/h4-9,16,20H,1-3H3. The van der Waals surface area contributed by atoms with Crippen LogP contribution in [0, 0.1) is 32.1 Å². The minimum absolute atomic E-state index is 0.336. The van der Waals surface area contributed by atoms with Crippen molar-refractivity contribution < 1.29 is 0 Å². The Hall–Kier alpha value is -1.79. The lowest BCUT2D eigenvalue weighted by molar-refractivity contribution is 0.962. The molecular weight excluding hydrogens is 312 g/mol. The van der Waals surface area contributed by atoms with Crippen molar-refractivity contribution in [3.8, 4) is 6.07 Å². The van der Waals surface area contributed by atoms with Crippen LogP contribution in [0.4, 0.5) is 5.69 Å². The molecule has 0 aromatic heterocycles. The topological polar surface area (TPSA) is 35.8 Å². The molecule has 0 fully saturated rings. The molecule has 20 heavy (non-hydrogen) atoms. The number of hydrogen-bond donors (Lipinski definition) is 1. The van der Waals surface area contributed by atoms with Crippen molar-refractivity contribution >= 4 is 21.6 Å². The highest BCUT2D eigenvalue weighted by molar-refractivity contribution is 9.10.